The maximum atomic E-state index is 11.8. The van der Waals surface area contributed by atoms with Crippen molar-refractivity contribution in [3.63, 3.8) is 0 Å². The fraction of sp³-hybridized carbons (Fsp3) is 0.263. The number of benzene rings is 2. The molecule has 0 bridgehead atoms. The number of oxime groups is 1. The summed E-state index contributed by atoms with van der Waals surface area (Å²) in [5.41, 5.74) is 0.640. The summed E-state index contributed by atoms with van der Waals surface area (Å²) in [5, 5.41) is 3.79. The van der Waals surface area contributed by atoms with E-state index in [1.54, 1.807) is 25.1 Å². The van der Waals surface area contributed by atoms with E-state index in [0.717, 1.165) is 0 Å². The molecule has 0 aromatic heterocycles. The molecule has 1 N–H and O–H groups in total. The zero-order valence-corrected chi connectivity index (χ0v) is 25.0. The summed E-state index contributed by atoms with van der Waals surface area (Å²) in [6.07, 6.45) is 0.578. The number of hydrogen-bond donors (Lipinski definition) is 1. The molecule has 0 amide bonds. The van der Waals surface area contributed by atoms with Crippen LogP contribution in [-0.4, -0.2) is 53.4 Å². The molecular weight excluding hydrogens is 697 g/mol. The third-order valence-electron chi connectivity index (χ3n) is 3.68. The Morgan fingerprint density at radius 1 is 1.14 bits per heavy atom. The zero-order valence-electron chi connectivity index (χ0n) is 18.6. The number of nitrogens with zero attached hydrogens (tertiary/aromatic N) is 1. The molecule has 0 aliphatic carbocycles. The molecule has 11 nitrogen and oxygen atoms in total. The van der Waals surface area contributed by atoms with E-state index < -0.39 is 30.5 Å². The minimum Gasteiger partial charge on any atom is -0.495 e. The molecule has 2 aromatic rings. The van der Waals surface area contributed by atoms with Crippen molar-refractivity contribution in [1.82, 2.24) is 0 Å². The quantitative estimate of drug-likeness (QED) is 0.119. The second kappa shape index (κ2) is 14.4. The fourth-order valence-corrected chi connectivity index (χ4v) is 4.66. The molecule has 1 unspecified atom stereocenters. The van der Waals surface area contributed by atoms with Crippen molar-refractivity contribution in [1.29, 1.82) is 0 Å². The van der Waals surface area contributed by atoms with Crippen LogP contribution in [0.4, 0.5) is 0 Å². The van der Waals surface area contributed by atoms with Crippen molar-refractivity contribution in [2.45, 2.75) is 24.8 Å². The molecule has 0 aliphatic rings. The Morgan fingerprint density at radius 3 is 2.17 bits per heavy atom. The number of esters is 1. The second-order valence-electron chi connectivity index (χ2n) is 6.31. The van der Waals surface area contributed by atoms with Gasteiger partial charge >= 0.3 is 15.3 Å². The number of carbonyl (C=O) groups is 1. The fourth-order valence-electron chi connectivity index (χ4n) is 2.27. The molecule has 0 fully saturated rings. The van der Waals surface area contributed by atoms with Crippen LogP contribution >= 0.6 is 53.2 Å². The summed E-state index contributed by atoms with van der Waals surface area (Å²) in [7, 11) is 2.64. The maximum Gasteiger partial charge on any atom is 0.353 e. The van der Waals surface area contributed by atoms with Gasteiger partial charge in [0.15, 0.2) is 5.75 Å². The van der Waals surface area contributed by atoms with Gasteiger partial charge in [0.2, 0.25) is 6.10 Å². The van der Waals surface area contributed by atoms with Gasteiger partial charge in [0.05, 0.1) is 28.9 Å². The monoisotopic (exact) mass is 713 g/mol. The van der Waals surface area contributed by atoms with Crippen LogP contribution in [0.15, 0.2) is 49.3 Å². The van der Waals surface area contributed by atoms with Gasteiger partial charge in [-0.3, -0.25) is 4.55 Å². The van der Waals surface area contributed by atoms with Crippen LogP contribution in [0.2, 0.25) is 0 Å². The summed E-state index contributed by atoms with van der Waals surface area (Å²) < 4.78 is 65.5. The minimum atomic E-state index is -4.19. The topological polar surface area (TPSA) is 155 Å². The minimum absolute atomic E-state index is 0.101. The van der Waals surface area contributed by atoms with Crippen molar-refractivity contribution in [3.8, 4) is 17.2 Å². The van der Waals surface area contributed by atoms with Crippen molar-refractivity contribution in [3.05, 3.63) is 44.8 Å². The molecule has 0 aliphatic heterocycles. The molecule has 2 rings (SSSR count). The number of hydrogen-bond acceptors (Lipinski definition) is 10. The Bertz CT molecular complexity index is 1290. The van der Waals surface area contributed by atoms with Crippen LogP contribution in [0.25, 0.3) is 0 Å². The van der Waals surface area contributed by atoms with Crippen LogP contribution in [0.3, 0.4) is 0 Å². The second-order valence-corrected chi connectivity index (χ2v) is 12.5. The number of carbonyl (C=O) groups excluding carboxylic acids is 1. The molecular formula is C19H19Br2Cl2NO10S2. The lowest BCUT2D eigenvalue weighted by atomic mass is 10.2. The van der Waals surface area contributed by atoms with Gasteiger partial charge in [-0.1, -0.05) is 5.16 Å². The summed E-state index contributed by atoms with van der Waals surface area (Å²) in [4.78, 5) is 16.4. The Hall–Kier alpha value is -1.62. The molecule has 1 atom stereocenters. The van der Waals surface area contributed by atoms with Crippen molar-refractivity contribution in [2.24, 2.45) is 5.16 Å². The van der Waals surface area contributed by atoms with Gasteiger partial charge in [-0.05, 0) is 75.5 Å². The predicted octanol–water partition coefficient (Wildman–Crippen LogP) is 5.27. The highest BCUT2D eigenvalue weighted by molar-refractivity contribution is 9.11. The molecule has 0 heterocycles. The number of ether oxygens (including phenoxy) is 3. The smallest absolute Gasteiger partial charge is 0.353 e. The summed E-state index contributed by atoms with van der Waals surface area (Å²) in [6, 6.07) is 7.65. The van der Waals surface area contributed by atoms with Crippen LogP contribution in [0.1, 0.15) is 19.4 Å². The number of halogens is 4. The molecule has 2 aromatic carbocycles. The predicted molar refractivity (Wildman–Crippen MR) is 140 cm³/mol. The van der Waals surface area contributed by atoms with Gasteiger partial charge in [0, 0.05) is 27.4 Å². The van der Waals surface area contributed by atoms with E-state index in [4.69, 9.17) is 42.7 Å². The summed E-state index contributed by atoms with van der Waals surface area (Å²) in [6.45, 7) is 3.49. The summed E-state index contributed by atoms with van der Waals surface area (Å²) in [5.74, 6) is 0.211. The van der Waals surface area contributed by atoms with Gasteiger partial charge in [0.25, 0.3) is 9.05 Å². The van der Waals surface area contributed by atoms with E-state index in [1.165, 1.54) is 32.4 Å². The SMILES string of the molecule is CCOC(=O)C(C)ON=Cc1cc(Br)c(Oc2ccc(OC)c(S(=O)(=O)Cl)c2)c(Br)c1.O=S(=O)(O)Cl. The molecule has 0 saturated heterocycles. The normalized spacial score (nSPS) is 12.3. The summed E-state index contributed by atoms with van der Waals surface area (Å²) >= 11 is 6.81. The molecule has 36 heavy (non-hydrogen) atoms. The lowest BCUT2D eigenvalue weighted by Crippen LogP contribution is -2.21. The first-order valence-corrected chi connectivity index (χ1v) is 15.6. The molecule has 0 saturated carbocycles. The van der Waals surface area contributed by atoms with E-state index in [1.807, 2.05) is 0 Å². The van der Waals surface area contributed by atoms with E-state index in [-0.39, 0.29) is 23.0 Å². The molecule has 200 valence electrons. The van der Waals surface area contributed by atoms with E-state index in [2.05, 4.69) is 47.7 Å². The average Bonchev–Trinajstić information content (AvgIpc) is 2.74. The van der Waals surface area contributed by atoms with Crippen LogP contribution in [-0.2, 0) is 32.8 Å². The molecule has 0 spiro atoms. The standard InChI is InChI=1S/C19H18Br2ClNO7S.ClHO3S/c1-4-28-19(24)11(2)30-23-10-12-7-14(20)18(15(21)8-12)29-13-5-6-16(27-3)17(9-13)31(22,25)26;1-5(2,3)4/h5-11H,4H2,1-3H3;(H,2,3,4). The van der Waals surface area contributed by atoms with Crippen LogP contribution in [0, 0.1) is 0 Å². The maximum absolute atomic E-state index is 11.8. The molecule has 17 heteroatoms. The Morgan fingerprint density at radius 2 is 1.69 bits per heavy atom. The van der Waals surface area contributed by atoms with Gasteiger partial charge in [0.1, 0.15) is 16.4 Å². The third kappa shape index (κ3) is 11.6. The Balaban J connectivity index is 0.00000118. The van der Waals surface area contributed by atoms with Gasteiger partial charge in [-0.15, -0.1) is 0 Å². The average molecular weight is 716 g/mol. The van der Waals surface area contributed by atoms with Crippen LogP contribution < -0.4 is 9.47 Å². The Labute approximate surface area is 233 Å². The van der Waals surface area contributed by atoms with Gasteiger partial charge in [-0.2, -0.15) is 8.42 Å². The first kappa shape index (κ1) is 32.4. The van der Waals surface area contributed by atoms with E-state index in [0.29, 0.717) is 20.3 Å². The van der Waals surface area contributed by atoms with Gasteiger partial charge < -0.3 is 19.0 Å². The lowest BCUT2D eigenvalue weighted by Gasteiger charge is -2.13. The van der Waals surface area contributed by atoms with Crippen molar-refractivity contribution < 1.29 is 45.2 Å². The largest absolute Gasteiger partial charge is 0.495 e. The number of rotatable bonds is 9. The highest BCUT2D eigenvalue weighted by Crippen LogP contribution is 2.39. The van der Waals surface area contributed by atoms with Crippen LogP contribution in [0.5, 0.6) is 17.2 Å². The first-order chi connectivity index (χ1) is 16.6. The van der Waals surface area contributed by atoms with E-state index >= 15 is 0 Å². The molecule has 0 radical (unpaired) electrons. The van der Waals surface area contributed by atoms with Crippen molar-refractivity contribution in [2.75, 3.05) is 13.7 Å². The third-order valence-corrected chi connectivity index (χ3v) is 6.20. The lowest BCUT2D eigenvalue weighted by molar-refractivity contribution is -0.155. The highest BCUT2D eigenvalue weighted by Gasteiger charge is 2.19. The first-order valence-electron chi connectivity index (χ1n) is 9.39. The zero-order chi connectivity index (χ0) is 27.7. The van der Waals surface area contributed by atoms with Crippen molar-refractivity contribution >= 4 is 83.8 Å². The Kier molecular flexibility index (Phi) is 12.9. The number of methoxy groups -OCH3 is 1. The van der Waals surface area contributed by atoms with Gasteiger partial charge in [-0.25, -0.2) is 13.2 Å². The van der Waals surface area contributed by atoms with E-state index in [9.17, 15) is 13.2 Å². The highest BCUT2D eigenvalue weighted by atomic mass is 79.9.